The van der Waals surface area contributed by atoms with Gasteiger partial charge in [0.15, 0.2) is 0 Å². The summed E-state index contributed by atoms with van der Waals surface area (Å²) in [6.07, 6.45) is 3.81. The molecule has 1 unspecified atom stereocenters. The Bertz CT molecular complexity index is 645. The van der Waals surface area contributed by atoms with Crippen molar-refractivity contribution in [1.82, 2.24) is 0 Å². The van der Waals surface area contributed by atoms with Crippen molar-refractivity contribution in [2.24, 2.45) is 0 Å². The molecule has 0 fully saturated rings. The minimum Gasteiger partial charge on any atom is -0.455 e. The molecular formula is C12H7BrO2S. The highest BCUT2D eigenvalue weighted by atomic mass is 79.9. The molecule has 1 aliphatic heterocycles. The third kappa shape index (κ3) is 1.53. The normalized spacial score (nSPS) is 18.7. The minimum absolute atomic E-state index is 0.0515. The fourth-order valence-corrected chi connectivity index (χ4v) is 3.22. The third-order valence-corrected chi connectivity index (χ3v) is 4.28. The summed E-state index contributed by atoms with van der Waals surface area (Å²) >= 11 is 4.93. The van der Waals surface area contributed by atoms with Gasteiger partial charge in [0.05, 0.1) is 14.4 Å². The monoisotopic (exact) mass is 294 g/mol. The summed E-state index contributed by atoms with van der Waals surface area (Å²) in [5, 5.41) is 0.642. The van der Waals surface area contributed by atoms with Crippen LogP contribution in [0.1, 0.15) is 5.76 Å². The van der Waals surface area contributed by atoms with Crippen molar-refractivity contribution in [2.75, 3.05) is 0 Å². The highest BCUT2D eigenvalue weighted by molar-refractivity contribution is 9.11. The van der Waals surface area contributed by atoms with Crippen molar-refractivity contribution >= 4 is 44.7 Å². The van der Waals surface area contributed by atoms with Crippen LogP contribution in [0.5, 0.6) is 0 Å². The molecule has 80 valence electrons. The molecule has 0 aliphatic carbocycles. The first-order valence-electron chi connectivity index (χ1n) is 4.80. The van der Waals surface area contributed by atoms with Gasteiger partial charge in [-0.25, -0.2) is 0 Å². The van der Waals surface area contributed by atoms with E-state index >= 15 is 0 Å². The molecule has 0 radical (unpaired) electrons. The second-order valence-electron chi connectivity index (χ2n) is 3.45. The predicted molar refractivity (Wildman–Crippen MR) is 70.1 cm³/mol. The van der Waals surface area contributed by atoms with Gasteiger partial charge in [0, 0.05) is 0 Å². The zero-order valence-corrected chi connectivity index (χ0v) is 10.5. The van der Waals surface area contributed by atoms with E-state index in [0.717, 1.165) is 0 Å². The van der Waals surface area contributed by atoms with Crippen LogP contribution in [0.25, 0.3) is 17.0 Å². The van der Waals surface area contributed by atoms with Crippen LogP contribution >= 0.6 is 27.7 Å². The summed E-state index contributed by atoms with van der Waals surface area (Å²) < 4.78 is 5.83. The van der Waals surface area contributed by atoms with Crippen LogP contribution in [0, 0.1) is 0 Å². The van der Waals surface area contributed by atoms with Gasteiger partial charge in [-0.3, -0.25) is 4.79 Å². The number of halogens is 1. The Morgan fingerprint density at radius 2 is 2.12 bits per heavy atom. The first kappa shape index (κ1) is 10.2. The lowest BCUT2D eigenvalue weighted by atomic mass is 10.2. The van der Waals surface area contributed by atoms with Crippen molar-refractivity contribution in [3.8, 4) is 0 Å². The smallest absolute Gasteiger partial charge is 0.206 e. The molecule has 1 aromatic carbocycles. The van der Waals surface area contributed by atoms with E-state index in [1.54, 1.807) is 6.07 Å². The van der Waals surface area contributed by atoms with Gasteiger partial charge in [-0.2, -0.15) is 0 Å². The summed E-state index contributed by atoms with van der Waals surface area (Å²) in [6, 6.07) is 7.32. The quantitative estimate of drug-likeness (QED) is 0.695. The number of benzene rings is 1. The number of hydrogen-bond donors (Lipinski definition) is 0. The Morgan fingerprint density at radius 3 is 3.00 bits per heavy atom. The van der Waals surface area contributed by atoms with Crippen molar-refractivity contribution in [1.29, 1.82) is 0 Å². The van der Waals surface area contributed by atoms with E-state index in [2.05, 4.69) is 15.9 Å². The lowest BCUT2D eigenvalue weighted by Crippen LogP contribution is -2.09. The van der Waals surface area contributed by atoms with Crippen LogP contribution < -0.4 is 5.43 Å². The average molecular weight is 295 g/mol. The first-order chi connectivity index (χ1) is 7.75. The Kier molecular flexibility index (Phi) is 2.41. The Hall–Kier alpha value is -1.000. The maximum Gasteiger partial charge on any atom is 0.206 e. The van der Waals surface area contributed by atoms with Crippen molar-refractivity contribution in [3.63, 3.8) is 0 Å². The molecule has 4 heteroatoms. The molecule has 2 heterocycles. The molecule has 2 nitrogen and oxygen atoms in total. The molecule has 0 bridgehead atoms. The number of thioether (sulfide) groups is 1. The van der Waals surface area contributed by atoms with Gasteiger partial charge in [-0.1, -0.05) is 45.9 Å². The highest BCUT2D eigenvalue weighted by Crippen LogP contribution is 2.35. The van der Waals surface area contributed by atoms with Gasteiger partial charge in [0.1, 0.15) is 11.3 Å². The molecule has 0 saturated carbocycles. The number of fused-ring (bicyclic) bond motifs is 2. The van der Waals surface area contributed by atoms with Crippen LogP contribution in [-0.4, -0.2) is 4.16 Å². The number of alkyl halides is 1. The Labute approximate surface area is 104 Å². The van der Waals surface area contributed by atoms with Crippen LogP contribution in [0.4, 0.5) is 0 Å². The minimum atomic E-state index is 0.0515. The van der Waals surface area contributed by atoms with Crippen LogP contribution in [0.15, 0.2) is 44.4 Å². The average Bonchev–Trinajstić information content (AvgIpc) is 2.31. The van der Waals surface area contributed by atoms with Gasteiger partial charge < -0.3 is 4.42 Å². The van der Waals surface area contributed by atoms with Crippen molar-refractivity contribution < 1.29 is 4.42 Å². The van der Waals surface area contributed by atoms with E-state index in [-0.39, 0.29) is 9.59 Å². The third-order valence-electron chi connectivity index (χ3n) is 2.41. The predicted octanol–water partition coefficient (Wildman–Crippen LogP) is 3.63. The lowest BCUT2D eigenvalue weighted by molar-refractivity contribution is 0.574. The zero-order valence-electron chi connectivity index (χ0n) is 8.14. The van der Waals surface area contributed by atoms with E-state index < -0.39 is 0 Å². The van der Waals surface area contributed by atoms with Crippen LogP contribution in [-0.2, 0) is 0 Å². The fraction of sp³-hybridized carbons (Fsp3) is 0.0833. The first-order valence-corrected chi connectivity index (χ1v) is 6.60. The van der Waals surface area contributed by atoms with Gasteiger partial charge in [0.25, 0.3) is 0 Å². The zero-order chi connectivity index (χ0) is 11.1. The van der Waals surface area contributed by atoms with Gasteiger partial charge in [-0.15, -0.1) is 0 Å². The number of rotatable bonds is 0. The summed E-state index contributed by atoms with van der Waals surface area (Å²) in [6.45, 7) is 0. The Balaban J connectivity index is 2.40. The van der Waals surface area contributed by atoms with E-state index in [0.29, 0.717) is 21.6 Å². The lowest BCUT2D eigenvalue weighted by Gasteiger charge is -2.12. The van der Waals surface area contributed by atoms with Crippen molar-refractivity contribution in [3.05, 3.63) is 46.3 Å². The van der Waals surface area contributed by atoms with Gasteiger partial charge in [0.2, 0.25) is 5.43 Å². The van der Waals surface area contributed by atoms with E-state index in [9.17, 15) is 4.79 Å². The second-order valence-corrected chi connectivity index (χ2v) is 6.19. The molecule has 3 rings (SSSR count). The van der Waals surface area contributed by atoms with Crippen LogP contribution in [0.3, 0.4) is 0 Å². The molecule has 1 aromatic heterocycles. The van der Waals surface area contributed by atoms with Crippen LogP contribution in [0.2, 0.25) is 0 Å². The van der Waals surface area contributed by atoms with E-state index in [1.165, 1.54) is 11.8 Å². The largest absolute Gasteiger partial charge is 0.455 e. The summed E-state index contributed by atoms with van der Waals surface area (Å²) in [7, 11) is 0. The molecule has 0 spiro atoms. The topological polar surface area (TPSA) is 30.2 Å². The molecule has 1 aliphatic rings. The van der Waals surface area contributed by atoms with Crippen molar-refractivity contribution in [2.45, 2.75) is 9.05 Å². The summed E-state index contributed by atoms with van der Waals surface area (Å²) in [5.74, 6) is 0.657. The van der Waals surface area contributed by atoms with E-state index in [1.807, 2.05) is 30.4 Å². The maximum atomic E-state index is 12.2. The SMILES string of the molecule is O=c1c2c(oc3ccccc13)C=CC(Br)S2. The number of hydrogen-bond acceptors (Lipinski definition) is 3. The highest BCUT2D eigenvalue weighted by Gasteiger charge is 2.19. The number of para-hydroxylation sites is 1. The molecule has 2 aromatic rings. The second kappa shape index (κ2) is 3.79. The molecule has 0 saturated heterocycles. The molecule has 0 N–H and O–H groups in total. The maximum absolute atomic E-state index is 12.2. The van der Waals surface area contributed by atoms with Gasteiger partial charge in [-0.05, 0) is 18.2 Å². The molecule has 0 amide bonds. The van der Waals surface area contributed by atoms with E-state index in [4.69, 9.17) is 4.42 Å². The van der Waals surface area contributed by atoms with Gasteiger partial charge >= 0.3 is 0 Å². The Morgan fingerprint density at radius 1 is 1.31 bits per heavy atom. The molecular weight excluding hydrogens is 288 g/mol. The summed E-state index contributed by atoms with van der Waals surface area (Å²) in [5.41, 5.74) is 0.695. The summed E-state index contributed by atoms with van der Waals surface area (Å²) in [4.78, 5) is 12.9. The standard InChI is InChI=1S/C12H7BrO2S/c13-10-6-5-9-12(16-10)11(14)7-3-1-2-4-8(7)15-9/h1-6,10H. The molecule has 1 atom stereocenters. The fourth-order valence-electron chi connectivity index (χ4n) is 1.68. The molecule has 16 heavy (non-hydrogen) atoms.